The summed E-state index contributed by atoms with van der Waals surface area (Å²) in [5, 5.41) is 8.86. The molecule has 1 aliphatic heterocycles. The molecule has 124 valence electrons. The fraction of sp³-hybridized carbons (Fsp3) is 0.444. The van der Waals surface area contributed by atoms with E-state index < -0.39 is 0 Å². The molecule has 0 saturated carbocycles. The van der Waals surface area contributed by atoms with Gasteiger partial charge in [0.2, 0.25) is 0 Å². The average Bonchev–Trinajstić information content (AvgIpc) is 2.61. The molecule has 24 heavy (non-hydrogen) atoms. The van der Waals surface area contributed by atoms with Crippen LogP contribution in [0.5, 0.6) is 0 Å². The predicted molar refractivity (Wildman–Crippen MR) is 94.2 cm³/mol. The topological polar surface area (TPSA) is 68.9 Å². The first-order valence-corrected chi connectivity index (χ1v) is 8.28. The largest absolute Gasteiger partial charge is 0.353 e. The number of piperazine rings is 1. The molecule has 6 nitrogen and oxygen atoms in total. The Morgan fingerprint density at radius 1 is 1.04 bits per heavy atom. The second-order valence-electron chi connectivity index (χ2n) is 6.37. The summed E-state index contributed by atoms with van der Waals surface area (Å²) in [6, 6.07) is 7.89. The van der Waals surface area contributed by atoms with Crippen molar-refractivity contribution in [2.45, 2.75) is 26.7 Å². The first-order chi connectivity index (χ1) is 11.6. The zero-order valence-corrected chi connectivity index (χ0v) is 14.4. The van der Waals surface area contributed by atoms with Gasteiger partial charge in [0.25, 0.3) is 0 Å². The van der Waals surface area contributed by atoms with Crippen LogP contribution in [0.1, 0.15) is 36.8 Å². The number of hydrogen-bond acceptors (Lipinski definition) is 6. The van der Waals surface area contributed by atoms with Gasteiger partial charge in [-0.3, -0.25) is 0 Å². The van der Waals surface area contributed by atoms with Crippen LogP contribution < -0.4 is 9.80 Å². The summed E-state index contributed by atoms with van der Waals surface area (Å²) in [7, 11) is 0. The lowest BCUT2D eigenvalue weighted by atomic mass is 10.2. The van der Waals surface area contributed by atoms with E-state index in [4.69, 9.17) is 10.2 Å². The summed E-state index contributed by atoms with van der Waals surface area (Å²) in [5.74, 6) is 3.17. The average molecular weight is 322 g/mol. The van der Waals surface area contributed by atoms with Crippen LogP contribution in [0.2, 0.25) is 0 Å². The summed E-state index contributed by atoms with van der Waals surface area (Å²) in [5.41, 5.74) is 1.61. The van der Waals surface area contributed by atoms with Crippen LogP contribution >= 0.6 is 0 Å². The Balaban J connectivity index is 1.69. The molecule has 0 aliphatic carbocycles. The first kappa shape index (κ1) is 16.2. The molecule has 0 unspecified atom stereocenters. The molecular weight excluding hydrogens is 300 g/mol. The number of nitriles is 1. The highest BCUT2D eigenvalue weighted by Crippen LogP contribution is 2.20. The second kappa shape index (κ2) is 6.83. The number of rotatable bonds is 3. The van der Waals surface area contributed by atoms with E-state index >= 15 is 0 Å². The maximum Gasteiger partial charge on any atom is 0.133 e. The van der Waals surface area contributed by atoms with E-state index in [0.29, 0.717) is 11.5 Å². The molecule has 0 N–H and O–H groups in total. The molecule has 0 bridgehead atoms. The summed E-state index contributed by atoms with van der Waals surface area (Å²) in [6.07, 6.45) is 1.63. The van der Waals surface area contributed by atoms with Gasteiger partial charge in [0.05, 0.1) is 5.56 Å². The smallest absolute Gasteiger partial charge is 0.133 e. The van der Waals surface area contributed by atoms with Crippen LogP contribution in [-0.2, 0) is 0 Å². The molecule has 6 heteroatoms. The highest BCUT2D eigenvalue weighted by molar-refractivity contribution is 5.46. The zero-order valence-electron chi connectivity index (χ0n) is 14.4. The van der Waals surface area contributed by atoms with Crippen LogP contribution in [0.4, 0.5) is 11.6 Å². The van der Waals surface area contributed by atoms with Crippen molar-refractivity contribution in [3.63, 3.8) is 0 Å². The molecule has 2 aromatic rings. The van der Waals surface area contributed by atoms with Crippen molar-refractivity contribution in [2.24, 2.45) is 0 Å². The van der Waals surface area contributed by atoms with E-state index in [1.165, 1.54) is 0 Å². The third kappa shape index (κ3) is 3.46. The normalized spacial score (nSPS) is 14.8. The van der Waals surface area contributed by atoms with Crippen molar-refractivity contribution in [1.82, 2.24) is 15.0 Å². The Hall–Kier alpha value is -2.68. The molecule has 0 radical (unpaired) electrons. The Labute approximate surface area is 142 Å². The lowest BCUT2D eigenvalue weighted by Gasteiger charge is -2.36. The van der Waals surface area contributed by atoms with Crippen molar-refractivity contribution in [3.05, 3.63) is 41.5 Å². The number of aromatic nitrogens is 3. The third-order valence-electron chi connectivity index (χ3n) is 4.18. The van der Waals surface area contributed by atoms with E-state index in [-0.39, 0.29) is 0 Å². The molecule has 0 atom stereocenters. The van der Waals surface area contributed by atoms with Gasteiger partial charge in [0.1, 0.15) is 23.5 Å². The number of hydrogen-bond donors (Lipinski definition) is 0. The quantitative estimate of drug-likeness (QED) is 0.865. The molecule has 1 fully saturated rings. The Morgan fingerprint density at radius 3 is 2.25 bits per heavy atom. The summed E-state index contributed by atoms with van der Waals surface area (Å²) >= 11 is 0. The van der Waals surface area contributed by atoms with Crippen molar-refractivity contribution in [3.8, 4) is 6.07 Å². The van der Waals surface area contributed by atoms with Gasteiger partial charge in [0, 0.05) is 50.1 Å². The van der Waals surface area contributed by atoms with Gasteiger partial charge in [-0.2, -0.15) is 5.26 Å². The minimum Gasteiger partial charge on any atom is -0.353 e. The predicted octanol–water partition coefficient (Wildman–Crippen LogP) is 2.50. The molecule has 2 aromatic heterocycles. The van der Waals surface area contributed by atoms with Crippen LogP contribution in [0.15, 0.2) is 24.4 Å². The SMILES string of the molecule is Cc1cc(N2CCN(c3ccc(C#N)cn3)CC2)nc(C(C)C)n1. The zero-order chi connectivity index (χ0) is 17.1. The van der Waals surface area contributed by atoms with Crippen LogP contribution in [0, 0.1) is 18.3 Å². The standard InChI is InChI=1S/C18H22N6/c1-13(2)18-21-14(3)10-17(22-18)24-8-6-23(7-9-24)16-5-4-15(11-19)12-20-16/h4-5,10,12-13H,6-9H2,1-3H3. The molecule has 1 aliphatic rings. The maximum absolute atomic E-state index is 8.86. The van der Waals surface area contributed by atoms with Crippen LogP contribution in [0.25, 0.3) is 0 Å². The van der Waals surface area contributed by atoms with E-state index in [1.807, 2.05) is 19.1 Å². The summed E-state index contributed by atoms with van der Waals surface area (Å²) < 4.78 is 0. The lowest BCUT2D eigenvalue weighted by molar-refractivity contribution is 0.635. The monoisotopic (exact) mass is 322 g/mol. The van der Waals surface area contributed by atoms with Crippen molar-refractivity contribution < 1.29 is 0 Å². The maximum atomic E-state index is 8.86. The minimum atomic E-state index is 0.327. The summed E-state index contributed by atoms with van der Waals surface area (Å²) in [6.45, 7) is 9.83. The minimum absolute atomic E-state index is 0.327. The highest BCUT2D eigenvalue weighted by atomic mass is 15.3. The third-order valence-corrected chi connectivity index (χ3v) is 4.18. The van der Waals surface area contributed by atoms with Crippen molar-refractivity contribution in [1.29, 1.82) is 5.26 Å². The molecule has 3 rings (SSSR count). The second-order valence-corrected chi connectivity index (χ2v) is 6.37. The van der Waals surface area contributed by atoms with Crippen LogP contribution in [0.3, 0.4) is 0 Å². The van der Waals surface area contributed by atoms with Gasteiger partial charge < -0.3 is 9.80 Å². The number of anilines is 2. The first-order valence-electron chi connectivity index (χ1n) is 8.28. The highest BCUT2D eigenvalue weighted by Gasteiger charge is 2.20. The lowest BCUT2D eigenvalue weighted by Crippen LogP contribution is -2.47. The number of pyridine rings is 1. The molecule has 3 heterocycles. The van der Waals surface area contributed by atoms with E-state index in [2.05, 4.69) is 45.8 Å². The molecule has 1 saturated heterocycles. The molecule has 0 spiro atoms. The van der Waals surface area contributed by atoms with Crippen LogP contribution in [-0.4, -0.2) is 41.1 Å². The molecular formula is C18H22N6. The number of nitrogens with zero attached hydrogens (tertiary/aromatic N) is 6. The number of aryl methyl sites for hydroxylation is 1. The Kier molecular flexibility index (Phi) is 4.61. The fourth-order valence-electron chi connectivity index (χ4n) is 2.80. The van der Waals surface area contributed by atoms with Gasteiger partial charge in [-0.15, -0.1) is 0 Å². The van der Waals surface area contributed by atoms with E-state index in [9.17, 15) is 0 Å². The fourth-order valence-corrected chi connectivity index (χ4v) is 2.80. The van der Waals surface area contributed by atoms with E-state index in [0.717, 1.165) is 49.3 Å². The Bertz CT molecular complexity index is 739. The molecule has 0 amide bonds. The van der Waals surface area contributed by atoms with E-state index in [1.54, 1.807) is 6.20 Å². The molecule has 0 aromatic carbocycles. The summed E-state index contributed by atoms with van der Waals surface area (Å²) in [4.78, 5) is 18.2. The Morgan fingerprint density at radius 2 is 1.71 bits per heavy atom. The van der Waals surface area contributed by atoms with Crippen molar-refractivity contribution >= 4 is 11.6 Å². The van der Waals surface area contributed by atoms with Gasteiger partial charge >= 0.3 is 0 Å². The van der Waals surface area contributed by atoms with Gasteiger partial charge in [0.15, 0.2) is 0 Å². The van der Waals surface area contributed by atoms with Gasteiger partial charge in [-0.1, -0.05) is 13.8 Å². The van der Waals surface area contributed by atoms with Gasteiger partial charge in [-0.25, -0.2) is 15.0 Å². The van der Waals surface area contributed by atoms with Gasteiger partial charge in [-0.05, 0) is 19.1 Å². The van der Waals surface area contributed by atoms with Crippen molar-refractivity contribution in [2.75, 3.05) is 36.0 Å².